The fraction of sp³-hybridized carbons (Fsp3) is 0. The van der Waals surface area contributed by atoms with Crippen molar-refractivity contribution in [1.29, 1.82) is 0 Å². The summed E-state index contributed by atoms with van der Waals surface area (Å²) in [6, 6.07) is 7.72. The van der Waals surface area contributed by atoms with E-state index in [0.717, 1.165) is 5.39 Å². The fourth-order valence-corrected chi connectivity index (χ4v) is 1.44. The van der Waals surface area contributed by atoms with Crippen LogP contribution in [0.4, 0.5) is 5.69 Å². The van der Waals surface area contributed by atoms with E-state index in [2.05, 4.69) is 0 Å². The van der Waals surface area contributed by atoms with E-state index in [1.165, 1.54) is 18.2 Å². The number of aromatic hydroxyl groups is 1. The number of nitrogens with two attached hydrogens (primary N) is 1. The van der Waals surface area contributed by atoms with Gasteiger partial charge in [-0.1, -0.05) is 6.07 Å². The topological polar surface area (TPSA) is 83.6 Å². The Morgan fingerprint density at radius 2 is 1.87 bits per heavy atom. The van der Waals surface area contributed by atoms with Gasteiger partial charge in [0, 0.05) is 0 Å². The molecule has 2 rings (SSSR count). The molecule has 0 saturated heterocycles. The highest BCUT2D eigenvalue weighted by Gasteiger charge is 2.05. The Morgan fingerprint density at radius 1 is 1.13 bits per heavy atom. The van der Waals surface area contributed by atoms with Crippen molar-refractivity contribution in [1.82, 2.24) is 0 Å². The van der Waals surface area contributed by atoms with Crippen LogP contribution in [0.5, 0.6) is 5.75 Å². The molecule has 4 N–H and O–H groups in total. The first kappa shape index (κ1) is 9.33. The van der Waals surface area contributed by atoms with Crippen LogP contribution in [0, 0.1) is 0 Å². The molecule has 0 heterocycles. The number of fused-ring (bicyclic) bond motifs is 1. The minimum Gasteiger partial charge on any atom is -0.506 e. The number of benzene rings is 2. The minimum atomic E-state index is -0.992. The Balaban J connectivity index is 2.72. The molecule has 0 amide bonds. The van der Waals surface area contributed by atoms with Crippen molar-refractivity contribution in [2.75, 3.05) is 5.73 Å². The standard InChI is InChI=1S/C11H9NO3/c12-9-4-6-1-2-7(11(14)15)3-8(6)5-10(9)13/h1-5,13H,12H2,(H,14,15). The van der Waals surface area contributed by atoms with Crippen molar-refractivity contribution in [2.45, 2.75) is 0 Å². The Morgan fingerprint density at radius 3 is 2.53 bits per heavy atom. The van der Waals surface area contributed by atoms with Gasteiger partial charge in [0.15, 0.2) is 0 Å². The largest absolute Gasteiger partial charge is 0.506 e. The van der Waals surface area contributed by atoms with Crippen LogP contribution in [0.25, 0.3) is 10.8 Å². The van der Waals surface area contributed by atoms with E-state index in [1.807, 2.05) is 0 Å². The number of hydrogen-bond acceptors (Lipinski definition) is 3. The number of nitrogen functional groups attached to an aromatic ring is 1. The van der Waals surface area contributed by atoms with Crippen LogP contribution in [-0.2, 0) is 0 Å². The second kappa shape index (κ2) is 3.16. The summed E-state index contributed by atoms with van der Waals surface area (Å²) >= 11 is 0. The van der Waals surface area contributed by atoms with Crippen LogP contribution in [0.2, 0.25) is 0 Å². The van der Waals surface area contributed by atoms with Crippen LogP contribution in [0.15, 0.2) is 30.3 Å². The van der Waals surface area contributed by atoms with Gasteiger partial charge < -0.3 is 15.9 Å². The maximum Gasteiger partial charge on any atom is 0.335 e. The maximum absolute atomic E-state index is 10.7. The van der Waals surface area contributed by atoms with Gasteiger partial charge in [-0.3, -0.25) is 0 Å². The van der Waals surface area contributed by atoms with Gasteiger partial charge in [0.1, 0.15) is 5.75 Å². The van der Waals surface area contributed by atoms with Crippen molar-refractivity contribution in [3.63, 3.8) is 0 Å². The molecule has 0 aliphatic rings. The van der Waals surface area contributed by atoms with Gasteiger partial charge in [-0.05, 0) is 35.0 Å². The smallest absolute Gasteiger partial charge is 0.335 e. The molecular weight excluding hydrogens is 194 g/mol. The van der Waals surface area contributed by atoms with Gasteiger partial charge in [-0.25, -0.2) is 4.79 Å². The molecule has 2 aromatic rings. The van der Waals surface area contributed by atoms with E-state index in [1.54, 1.807) is 12.1 Å². The van der Waals surface area contributed by atoms with E-state index in [0.29, 0.717) is 5.39 Å². The number of anilines is 1. The zero-order valence-corrected chi connectivity index (χ0v) is 7.77. The number of rotatable bonds is 1. The lowest BCUT2D eigenvalue weighted by molar-refractivity contribution is 0.0697. The molecule has 0 saturated carbocycles. The number of carboxylic acid groups (broad SMARTS) is 1. The summed E-state index contributed by atoms with van der Waals surface area (Å²) in [6.45, 7) is 0. The molecule has 0 bridgehead atoms. The van der Waals surface area contributed by atoms with Crippen LogP contribution in [0.3, 0.4) is 0 Å². The minimum absolute atomic E-state index is 0.0370. The SMILES string of the molecule is Nc1cc2ccc(C(=O)O)cc2cc1O. The molecule has 15 heavy (non-hydrogen) atoms. The van der Waals surface area contributed by atoms with E-state index >= 15 is 0 Å². The number of hydrogen-bond donors (Lipinski definition) is 3. The molecule has 0 aliphatic heterocycles. The third-order valence-electron chi connectivity index (χ3n) is 2.23. The van der Waals surface area contributed by atoms with Crippen LogP contribution < -0.4 is 5.73 Å². The maximum atomic E-state index is 10.7. The van der Waals surface area contributed by atoms with E-state index in [-0.39, 0.29) is 17.0 Å². The van der Waals surface area contributed by atoms with E-state index in [9.17, 15) is 9.90 Å². The molecule has 0 spiro atoms. The van der Waals surface area contributed by atoms with Gasteiger partial charge in [-0.2, -0.15) is 0 Å². The van der Waals surface area contributed by atoms with Crippen LogP contribution >= 0.6 is 0 Å². The van der Waals surface area contributed by atoms with Crippen LogP contribution in [-0.4, -0.2) is 16.2 Å². The second-order valence-corrected chi connectivity index (χ2v) is 3.28. The van der Waals surface area contributed by atoms with Crippen molar-refractivity contribution in [3.8, 4) is 5.75 Å². The third kappa shape index (κ3) is 1.57. The average Bonchev–Trinajstić information content (AvgIpc) is 2.19. The lowest BCUT2D eigenvalue weighted by Crippen LogP contribution is -1.95. The summed E-state index contributed by atoms with van der Waals surface area (Å²) < 4.78 is 0. The Labute approximate surface area is 85.6 Å². The van der Waals surface area contributed by atoms with Crippen molar-refractivity contribution in [3.05, 3.63) is 35.9 Å². The van der Waals surface area contributed by atoms with Gasteiger partial charge in [-0.15, -0.1) is 0 Å². The quantitative estimate of drug-likeness (QED) is 0.487. The van der Waals surface area contributed by atoms with E-state index < -0.39 is 5.97 Å². The van der Waals surface area contributed by atoms with Crippen molar-refractivity contribution < 1.29 is 15.0 Å². The fourth-order valence-electron chi connectivity index (χ4n) is 1.44. The summed E-state index contributed by atoms with van der Waals surface area (Å²) in [5.41, 5.74) is 5.99. The number of carboxylic acids is 1. The monoisotopic (exact) mass is 203 g/mol. The Bertz CT molecular complexity index is 549. The molecule has 0 aliphatic carbocycles. The third-order valence-corrected chi connectivity index (χ3v) is 2.23. The molecule has 0 atom stereocenters. The first-order valence-corrected chi connectivity index (χ1v) is 4.33. The highest BCUT2D eigenvalue weighted by Crippen LogP contribution is 2.27. The summed E-state index contributed by atoms with van der Waals surface area (Å²) in [4.78, 5) is 10.7. The van der Waals surface area contributed by atoms with E-state index in [4.69, 9.17) is 10.8 Å². The van der Waals surface area contributed by atoms with Gasteiger partial charge >= 0.3 is 5.97 Å². The number of carbonyl (C=O) groups is 1. The number of aromatic carboxylic acids is 1. The predicted octanol–water partition coefficient (Wildman–Crippen LogP) is 1.83. The highest BCUT2D eigenvalue weighted by atomic mass is 16.4. The molecule has 0 fully saturated rings. The van der Waals surface area contributed by atoms with Gasteiger partial charge in [0.05, 0.1) is 11.3 Å². The van der Waals surface area contributed by atoms with Crippen molar-refractivity contribution >= 4 is 22.4 Å². The van der Waals surface area contributed by atoms with Gasteiger partial charge in [0.25, 0.3) is 0 Å². The second-order valence-electron chi connectivity index (χ2n) is 3.28. The molecule has 4 nitrogen and oxygen atoms in total. The Kier molecular flexibility index (Phi) is 1.97. The first-order valence-electron chi connectivity index (χ1n) is 4.33. The predicted molar refractivity (Wildman–Crippen MR) is 57.0 cm³/mol. The number of phenolic OH excluding ortho intramolecular Hbond substituents is 1. The lowest BCUT2D eigenvalue weighted by atomic mass is 10.1. The summed E-state index contributed by atoms with van der Waals surface area (Å²) in [7, 11) is 0. The Hall–Kier alpha value is -2.23. The lowest BCUT2D eigenvalue weighted by Gasteiger charge is -2.03. The average molecular weight is 203 g/mol. The summed E-state index contributed by atoms with van der Waals surface area (Å²) in [5.74, 6) is -1.03. The number of phenols is 1. The van der Waals surface area contributed by atoms with Crippen molar-refractivity contribution in [2.24, 2.45) is 0 Å². The summed E-state index contributed by atoms with van der Waals surface area (Å²) in [5, 5.41) is 19.6. The van der Waals surface area contributed by atoms with Gasteiger partial charge in [0.2, 0.25) is 0 Å². The molecular formula is C11H9NO3. The zero-order chi connectivity index (χ0) is 11.0. The van der Waals surface area contributed by atoms with Crippen LogP contribution in [0.1, 0.15) is 10.4 Å². The summed E-state index contributed by atoms with van der Waals surface area (Å²) in [6.07, 6.45) is 0. The molecule has 2 aromatic carbocycles. The molecule has 4 heteroatoms. The molecule has 0 unspecified atom stereocenters. The highest BCUT2D eigenvalue weighted by molar-refractivity contribution is 5.96. The normalized spacial score (nSPS) is 10.4. The molecule has 76 valence electrons. The first-order chi connectivity index (χ1) is 7.08. The molecule has 0 radical (unpaired) electrons. The zero-order valence-electron chi connectivity index (χ0n) is 7.77. The molecule has 0 aromatic heterocycles.